The molecule has 1 unspecified atom stereocenters. The van der Waals surface area contributed by atoms with Crippen LogP contribution >= 0.6 is 0 Å². The Hall–Kier alpha value is -7.76. The number of hydrogen-bond donors (Lipinski definition) is 4. The number of nitrogens with one attached hydrogen (secondary N) is 4. The first kappa shape index (κ1) is 44.3. The SMILES string of the molecule is Cc1cc(C(F)(F)F)cc(N2C(=O)NC[C@H]2C(=O)N(CC#Cc2ccc(NC(=O)CCCCCNc3cccc4c3C(=O)N(C3CCC(=O)NC3=O)C4=O)nn2)c2ccc(F)cc2)n1. The summed E-state index contributed by atoms with van der Waals surface area (Å²) in [7, 11) is 0. The fourth-order valence-corrected chi connectivity index (χ4v) is 7.35. The molecule has 64 heavy (non-hydrogen) atoms. The summed E-state index contributed by atoms with van der Waals surface area (Å²) >= 11 is 0. The Morgan fingerprint density at radius 1 is 0.938 bits per heavy atom. The van der Waals surface area contributed by atoms with Gasteiger partial charge in [-0.25, -0.2) is 14.2 Å². The first-order chi connectivity index (χ1) is 30.6. The quantitative estimate of drug-likeness (QED) is 0.0642. The highest BCUT2D eigenvalue weighted by Gasteiger charge is 2.46. The van der Waals surface area contributed by atoms with Crippen molar-refractivity contribution in [1.29, 1.82) is 0 Å². The van der Waals surface area contributed by atoms with Gasteiger partial charge in [0.25, 0.3) is 17.7 Å². The van der Waals surface area contributed by atoms with Crippen molar-refractivity contribution in [1.82, 2.24) is 30.7 Å². The Kier molecular flexibility index (Phi) is 12.9. The smallest absolute Gasteiger partial charge is 0.384 e. The Morgan fingerprint density at radius 3 is 2.44 bits per heavy atom. The van der Waals surface area contributed by atoms with E-state index in [9.17, 15) is 51.1 Å². The Bertz CT molecular complexity index is 2600. The summed E-state index contributed by atoms with van der Waals surface area (Å²) in [4.78, 5) is 96.9. The van der Waals surface area contributed by atoms with Gasteiger partial charge in [-0.3, -0.25) is 48.8 Å². The standard InChI is InChI=1S/C43H38F4N10O7/c1-24-21-25(43(45,46)47)22-34(50-24)56-32(23-49-42(56)64)40(62)55(28-14-11-26(44)12-15-28)20-6-7-27-13-17-33(54-53-27)51-35(58)10-3-2-4-19-48-30-9-5-8-29-37(30)41(63)57(39(29)61)31-16-18-36(59)52-38(31)60/h5,8-9,11-15,17,21-22,31-32,48H,2-4,10,16,18-20,23H2,1H3,(H,49,64)(H,51,54,58)(H,52,59,60)/t31?,32-/m0/s1. The van der Waals surface area contributed by atoms with Crippen LogP contribution in [0.25, 0.3) is 0 Å². The first-order valence-corrected chi connectivity index (χ1v) is 20.0. The minimum atomic E-state index is -4.74. The number of aromatic nitrogens is 3. The second kappa shape index (κ2) is 18.7. The highest BCUT2D eigenvalue weighted by atomic mass is 19.4. The number of anilines is 4. The molecule has 4 aromatic rings. The number of carbonyl (C=O) groups is 7. The molecule has 0 spiro atoms. The van der Waals surface area contributed by atoms with Gasteiger partial charge in [0, 0.05) is 43.0 Å². The fourth-order valence-electron chi connectivity index (χ4n) is 7.35. The van der Waals surface area contributed by atoms with E-state index in [1.807, 2.05) is 0 Å². The van der Waals surface area contributed by atoms with Gasteiger partial charge in [0.2, 0.25) is 17.7 Å². The lowest BCUT2D eigenvalue weighted by atomic mass is 10.0. The van der Waals surface area contributed by atoms with E-state index >= 15 is 0 Å². The van der Waals surface area contributed by atoms with Crippen LogP contribution in [-0.4, -0.2) is 93.3 Å². The molecule has 21 heteroatoms. The van der Waals surface area contributed by atoms with E-state index in [1.165, 1.54) is 37.3 Å². The van der Waals surface area contributed by atoms with Gasteiger partial charge in [0.1, 0.15) is 29.4 Å². The molecule has 2 fully saturated rings. The molecule has 330 valence electrons. The Labute approximate surface area is 362 Å². The van der Waals surface area contributed by atoms with E-state index in [0.29, 0.717) is 37.6 Å². The van der Waals surface area contributed by atoms with Crippen LogP contribution < -0.4 is 31.1 Å². The molecule has 8 amide bonds. The molecule has 0 radical (unpaired) electrons. The molecule has 2 atom stereocenters. The number of rotatable bonds is 13. The Balaban J connectivity index is 0.903. The van der Waals surface area contributed by atoms with Gasteiger partial charge >= 0.3 is 12.2 Å². The molecule has 2 aromatic carbocycles. The highest BCUT2D eigenvalue weighted by Crippen LogP contribution is 2.34. The number of piperidine rings is 1. The number of fused-ring (bicyclic) bond motifs is 1. The number of imide groups is 2. The molecule has 0 bridgehead atoms. The topological polar surface area (TPSA) is 216 Å². The molecule has 0 aliphatic carbocycles. The maximum atomic E-state index is 14.0. The third-order valence-corrected chi connectivity index (χ3v) is 10.4. The molecular weight excluding hydrogens is 845 g/mol. The lowest BCUT2D eigenvalue weighted by Crippen LogP contribution is -2.54. The lowest BCUT2D eigenvalue weighted by molar-refractivity contribution is -0.138. The van der Waals surface area contributed by atoms with Crippen LogP contribution in [-0.2, 0) is 25.4 Å². The minimum absolute atomic E-state index is 0.0159. The molecule has 7 rings (SSSR count). The third-order valence-electron chi connectivity index (χ3n) is 10.4. The number of amides is 8. The number of hydrogen-bond acceptors (Lipinski definition) is 11. The molecule has 4 N–H and O–H groups in total. The number of benzene rings is 2. The summed E-state index contributed by atoms with van der Waals surface area (Å²) in [6.07, 6.45) is -2.74. The minimum Gasteiger partial charge on any atom is -0.384 e. The summed E-state index contributed by atoms with van der Waals surface area (Å²) in [5.41, 5.74) is 0.0488. The van der Waals surface area contributed by atoms with Crippen molar-refractivity contribution in [2.45, 2.75) is 63.7 Å². The number of urea groups is 1. The largest absolute Gasteiger partial charge is 0.416 e. The monoisotopic (exact) mass is 882 g/mol. The van der Waals surface area contributed by atoms with Gasteiger partial charge in [0.15, 0.2) is 5.82 Å². The fraction of sp³-hybridized carbons (Fsp3) is 0.302. The van der Waals surface area contributed by atoms with Gasteiger partial charge in [-0.15, -0.1) is 10.2 Å². The van der Waals surface area contributed by atoms with Gasteiger partial charge in [-0.1, -0.05) is 18.4 Å². The van der Waals surface area contributed by atoms with Gasteiger partial charge in [-0.2, -0.15) is 13.2 Å². The van der Waals surface area contributed by atoms with Crippen molar-refractivity contribution in [2.24, 2.45) is 0 Å². The van der Waals surface area contributed by atoms with Crippen molar-refractivity contribution in [2.75, 3.05) is 40.1 Å². The van der Waals surface area contributed by atoms with Crippen molar-refractivity contribution in [3.8, 4) is 11.8 Å². The maximum Gasteiger partial charge on any atom is 0.416 e. The van der Waals surface area contributed by atoms with E-state index in [1.54, 1.807) is 12.1 Å². The van der Waals surface area contributed by atoms with Crippen molar-refractivity contribution >= 4 is 64.5 Å². The van der Waals surface area contributed by atoms with Crippen LogP contribution in [0.5, 0.6) is 0 Å². The Morgan fingerprint density at radius 2 is 1.72 bits per heavy atom. The number of pyridine rings is 1. The number of carbonyl (C=O) groups excluding carboxylic acids is 7. The molecule has 3 aliphatic rings. The molecule has 17 nitrogen and oxygen atoms in total. The van der Waals surface area contributed by atoms with Crippen LogP contribution in [0.3, 0.4) is 0 Å². The number of halogens is 4. The summed E-state index contributed by atoms with van der Waals surface area (Å²) in [6.45, 7) is 1.20. The van der Waals surface area contributed by atoms with Gasteiger partial charge < -0.3 is 16.0 Å². The van der Waals surface area contributed by atoms with Crippen molar-refractivity contribution in [3.63, 3.8) is 0 Å². The summed E-state index contributed by atoms with van der Waals surface area (Å²) in [6, 6.07) is 10.9. The zero-order valence-corrected chi connectivity index (χ0v) is 33.9. The van der Waals surface area contributed by atoms with Gasteiger partial charge in [0.05, 0.1) is 23.2 Å². The summed E-state index contributed by atoms with van der Waals surface area (Å²) < 4.78 is 54.7. The third kappa shape index (κ3) is 9.80. The predicted molar refractivity (Wildman–Crippen MR) is 220 cm³/mol. The van der Waals surface area contributed by atoms with E-state index < -0.39 is 65.2 Å². The van der Waals surface area contributed by atoms with E-state index in [0.717, 1.165) is 32.9 Å². The van der Waals surface area contributed by atoms with E-state index in [4.69, 9.17) is 0 Å². The summed E-state index contributed by atoms with van der Waals surface area (Å²) in [5.74, 6) is 1.32. The van der Waals surface area contributed by atoms with Crippen molar-refractivity contribution in [3.05, 3.63) is 101 Å². The number of aryl methyl sites for hydroxylation is 1. The highest BCUT2D eigenvalue weighted by molar-refractivity contribution is 6.25. The van der Waals surface area contributed by atoms with E-state index in [-0.39, 0.29) is 78.1 Å². The van der Waals surface area contributed by atoms with Crippen LogP contribution in [0.1, 0.15) is 76.2 Å². The molecule has 2 aromatic heterocycles. The number of unbranched alkanes of at least 4 members (excludes halogenated alkanes) is 2. The number of alkyl halides is 3. The molecule has 5 heterocycles. The lowest BCUT2D eigenvalue weighted by Gasteiger charge is -2.28. The molecule has 0 saturated carbocycles. The van der Waals surface area contributed by atoms with Crippen LogP contribution in [0.4, 0.5) is 45.4 Å². The molecule has 3 aliphatic heterocycles. The second-order valence-corrected chi connectivity index (χ2v) is 14.9. The maximum absolute atomic E-state index is 14.0. The molecule has 2 saturated heterocycles. The zero-order chi connectivity index (χ0) is 45.7. The van der Waals surface area contributed by atoms with Crippen LogP contribution in [0.2, 0.25) is 0 Å². The van der Waals surface area contributed by atoms with Gasteiger partial charge in [-0.05, 0) is 92.8 Å². The second-order valence-electron chi connectivity index (χ2n) is 14.9. The number of nitrogens with zero attached hydrogens (tertiary/aromatic N) is 6. The average Bonchev–Trinajstić information content (AvgIpc) is 3.77. The average molecular weight is 883 g/mol. The van der Waals surface area contributed by atoms with Crippen molar-refractivity contribution < 1.29 is 51.1 Å². The van der Waals surface area contributed by atoms with Crippen LogP contribution in [0.15, 0.2) is 66.7 Å². The normalized spacial score (nSPS) is 17.0. The zero-order valence-electron chi connectivity index (χ0n) is 33.9. The summed E-state index contributed by atoms with van der Waals surface area (Å²) in [5, 5.41) is 18.5. The van der Waals surface area contributed by atoms with E-state index in [2.05, 4.69) is 48.3 Å². The molecular formula is C43H38F4N10O7. The van der Waals surface area contributed by atoms with Crippen LogP contribution in [0, 0.1) is 24.6 Å². The first-order valence-electron chi connectivity index (χ1n) is 20.0. The predicted octanol–water partition coefficient (Wildman–Crippen LogP) is 4.33.